The summed E-state index contributed by atoms with van der Waals surface area (Å²) < 4.78 is 19.8. The van der Waals surface area contributed by atoms with Crippen molar-refractivity contribution >= 4 is 49.2 Å². The number of ether oxygens (including phenoxy) is 2. The highest BCUT2D eigenvalue weighted by molar-refractivity contribution is 7.16. The lowest BCUT2D eigenvalue weighted by atomic mass is 10.0. The quantitative estimate of drug-likeness (QED) is 0.276. The maximum absolute atomic E-state index is 13.2. The zero-order chi connectivity index (χ0) is 23.2. The summed E-state index contributed by atoms with van der Waals surface area (Å²) in [4.78, 5) is 30.8. The minimum Gasteiger partial charge on any atom is -0.486 e. The molecular weight excluding hydrogens is 452 g/mol. The molecule has 2 aromatic heterocycles. The highest BCUT2D eigenvalue weighted by atomic mass is 32.1. The molecule has 0 aliphatic carbocycles. The SMILES string of the molecule is CCCn1c(=NC(=O)c2cc3c(ccc4ccccc43)oc2=O)sc2cc3c(cc21)OCCO3. The standard InChI is InChI=1S/C26H20N2O5S/c1-2-9-28-19-13-21-22(32-11-10-31-21)14-23(19)34-26(28)27-24(29)18-12-17-16-6-4-3-5-15(16)7-8-20(17)33-25(18)30/h3-8,12-14H,2,9-11H2,1H3. The molecule has 0 bridgehead atoms. The predicted octanol–water partition coefficient (Wildman–Crippen LogP) is 4.88. The van der Waals surface area contributed by atoms with Crippen molar-refractivity contribution < 1.29 is 18.7 Å². The van der Waals surface area contributed by atoms with Crippen molar-refractivity contribution in [3.8, 4) is 11.5 Å². The van der Waals surface area contributed by atoms with Gasteiger partial charge in [0.1, 0.15) is 24.4 Å². The van der Waals surface area contributed by atoms with E-state index in [4.69, 9.17) is 13.9 Å². The van der Waals surface area contributed by atoms with Gasteiger partial charge in [-0.2, -0.15) is 4.99 Å². The summed E-state index contributed by atoms with van der Waals surface area (Å²) in [5, 5.41) is 2.61. The van der Waals surface area contributed by atoms with Crippen LogP contribution in [0.2, 0.25) is 0 Å². The first-order valence-electron chi connectivity index (χ1n) is 11.1. The van der Waals surface area contributed by atoms with E-state index in [0.717, 1.165) is 27.4 Å². The van der Waals surface area contributed by atoms with Gasteiger partial charge in [-0.05, 0) is 29.3 Å². The van der Waals surface area contributed by atoms with Crippen LogP contribution < -0.4 is 19.9 Å². The van der Waals surface area contributed by atoms with Crippen LogP contribution in [0.5, 0.6) is 11.5 Å². The number of fused-ring (bicyclic) bond motifs is 5. The lowest BCUT2D eigenvalue weighted by Crippen LogP contribution is -2.20. The molecule has 1 aliphatic rings. The maximum atomic E-state index is 13.2. The van der Waals surface area contributed by atoms with Crippen LogP contribution in [0, 0.1) is 0 Å². The van der Waals surface area contributed by atoms with Gasteiger partial charge in [-0.3, -0.25) is 4.79 Å². The number of aryl methyl sites for hydroxylation is 1. The largest absolute Gasteiger partial charge is 0.486 e. The van der Waals surface area contributed by atoms with Gasteiger partial charge in [0.15, 0.2) is 16.3 Å². The average Bonchev–Trinajstić information content (AvgIpc) is 3.17. The summed E-state index contributed by atoms with van der Waals surface area (Å²) in [7, 11) is 0. The molecule has 3 heterocycles. The van der Waals surface area contributed by atoms with Crippen LogP contribution in [0.4, 0.5) is 0 Å². The Balaban J connectivity index is 1.52. The number of amides is 1. The van der Waals surface area contributed by atoms with Crippen molar-refractivity contribution in [1.29, 1.82) is 0 Å². The van der Waals surface area contributed by atoms with Crippen LogP contribution in [-0.4, -0.2) is 23.7 Å². The fourth-order valence-corrected chi connectivity index (χ4v) is 5.36. The number of carbonyl (C=O) groups is 1. The van der Waals surface area contributed by atoms with Crippen molar-refractivity contribution in [3.05, 3.63) is 75.4 Å². The van der Waals surface area contributed by atoms with E-state index >= 15 is 0 Å². The van der Waals surface area contributed by atoms with E-state index in [0.29, 0.717) is 47.0 Å². The summed E-state index contributed by atoms with van der Waals surface area (Å²) >= 11 is 1.38. The molecule has 170 valence electrons. The molecular formula is C26H20N2O5S. The fourth-order valence-electron chi connectivity index (χ4n) is 4.30. The number of hydrogen-bond acceptors (Lipinski definition) is 6. The third-order valence-electron chi connectivity index (χ3n) is 5.86. The number of hydrogen-bond donors (Lipinski definition) is 0. The second-order valence-corrected chi connectivity index (χ2v) is 9.07. The van der Waals surface area contributed by atoms with Gasteiger partial charge in [-0.25, -0.2) is 4.79 Å². The Labute approximate surface area is 197 Å². The van der Waals surface area contributed by atoms with Crippen molar-refractivity contribution in [1.82, 2.24) is 4.57 Å². The molecule has 0 N–H and O–H groups in total. The van der Waals surface area contributed by atoms with Gasteiger partial charge in [0.2, 0.25) is 0 Å². The molecule has 1 amide bonds. The molecule has 8 heteroatoms. The summed E-state index contributed by atoms with van der Waals surface area (Å²) in [6, 6.07) is 16.8. The average molecular weight is 473 g/mol. The van der Waals surface area contributed by atoms with Crippen molar-refractivity contribution in [2.24, 2.45) is 4.99 Å². The molecule has 6 rings (SSSR count). The van der Waals surface area contributed by atoms with E-state index in [1.54, 1.807) is 12.1 Å². The Hall–Kier alpha value is -3.91. The molecule has 0 saturated heterocycles. The second kappa shape index (κ2) is 8.14. The summed E-state index contributed by atoms with van der Waals surface area (Å²) in [6.07, 6.45) is 0.853. The minimum absolute atomic E-state index is 0.0877. The van der Waals surface area contributed by atoms with Crippen molar-refractivity contribution in [3.63, 3.8) is 0 Å². The third kappa shape index (κ3) is 3.38. The highest BCUT2D eigenvalue weighted by Gasteiger charge is 2.18. The van der Waals surface area contributed by atoms with E-state index < -0.39 is 11.5 Å². The van der Waals surface area contributed by atoms with E-state index in [-0.39, 0.29) is 5.56 Å². The van der Waals surface area contributed by atoms with E-state index in [1.165, 1.54) is 11.3 Å². The molecule has 3 aromatic carbocycles. The van der Waals surface area contributed by atoms with Crippen LogP contribution in [0.3, 0.4) is 0 Å². The first-order chi connectivity index (χ1) is 16.6. The Bertz CT molecular complexity index is 1730. The van der Waals surface area contributed by atoms with E-state index in [2.05, 4.69) is 11.9 Å². The third-order valence-corrected chi connectivity index (χ3v) is 6.90. The smallest absolute Gasteiger partial charge is 0.349 e. The Kier molecular flexibility index (Phi) is 4.95. The van der Waals surface area contributed by atoms with E-state index in [9.17, 15) is 9.59 Å². The van der Waals surface area contributed by atoms with Gasteiger partial charge in [0, 0.05) is 24.1 Å². The zero-order valence-electron chi connectivity index (χ0n) is 18.4. The Morgan fingerprint density at radius 1 is 1.03 bits per heavy atom. The van der Waals surface area contributed by atoms with Crippen molar-refractivity contribution in [2.75, 3.05) is 13.2 Å². The number of rotatable bonds is 3. The molecule has 0 saturated carbocycles. The predicted molar refractivity (Wildman–Crippen MR) is 131 cm³/mol. The first kappa shape index (κ1) is 20.7. The molecule has 5 aromatic rings. The maximum Gasteiger partial charge on any atom is 0.349 e. The van der Waals surface area contributed by atoms with Gasteiger partial charge >= 0.3 is 5.63 Å². The summed E-state index contributed by atoms with van der Waals surface area (Å²) in [5.41, 5.74) is 0.570. The van der Waals surface area contributed by atoms with Crippen LogP contribution >= 0.6 is 11.3 Å². The number of carbonyl (C=O) groups excluding carboxylic acids is 1. The fraction of sp³-hybridized carbons (Fsp3) is 0.192. The zero-order valence-corrected chi connectivity index (χ0v) is 19.2. The Morgan fingerprint density at radius 3 is 2.65 bits per heavy atom. The first-order valence-corrected chi connectivity index (χ1v) is 11.9. The van der Waals surface area contributed by atoms with E-state index in [1.807, 2.05) is 47.0 Å². The molecule has 7 nitrogen and oxygen atoms in total. The van der Waals surface area contributed by atoms with Gasteiger partial charge in [0.25, 0.3) is 5.91 Å². The molecule has 0 unspecified atom stereocenters. The molecule has 0 fully saturated rings. The molecule has 0 atom stereocenters. The van der Waals surface area contributed by atoms with Crippen LogP contribution in [0.15, 0.2) is 68.8 Å². The second-order valence-electron chi connectivity index (χ2n) is 8.06. The molecule has 34 heavy (non-hydrogen) atoms. The van der Waals surface area contributed by atoms with Gasteiger partial charge in [-0.1, -0.05) is 48.6 Å². The summed E-state index contributed by atoms with van der Waals surface area (Å²) in [5.74, 6) is 0.738. The van der Waals surface area contributed by atoms with Crippen LogP contribution in [-0.2, 0) is 6.54 Å². The monoisotopic (exact) mass is 472 g/mol. The number of nitrogens with zero attached hydrogens (tertiary/aromatic N) is 2. The molecule has 1 aliphatic heterocycles. The highest BCUT2D eigenvalue weighted by Crippen LogP contribution is 2.35. The van der Waals surface area contributed by atoms with Crippen LogP contribution in [0.1, 0.15) is 23.7 Å². The topological polar surface area (TPSA) is 83.0 Å². The lowest BCUT2D eigenvalue weighted by molar-refractivity contribution is 0.0994. The number of thiazole rings is 1. The van der Waals surface area contributed by atoms with Gasteiger partial charge in [0.05, 0.1) is 10.2 Å². The summed E-state index contributed by atoms with van der Waals surface area (Å²) in [6.45, 7) is 3.73. The molecule has 0 radical (unpaired) electrons. The normalized spacial score (nSPS) is 13.7. The van der Waals surface area contributed by atoms with Crippen LogP contribution in [0.25, 0.3) is 32.0 Å². The molecule has 0 spiro atoms. The van der Waals surface area contributed by atoms with Gasteiger partial charge in [-0.15, -0.1) is 0 Å². The number of benzene rings is 3. The minimum atomic E-state index is -0.697. The lowest BCUT2D eigenvalue weighted by Gasteiger charge is -2.18. The Morgan fingerprint density at radius 2 is 1.82 bits per heavy atom. The number of aromatic nitrogens is 1. The van der Waals surface area contributed by atoms with Gasteiger partial charge < -0.3 is 18.5 Å². The van der Waals surface area contributed by atoms with Crippen molar-refractivity contribution in [2.45, 2.75) is 19.9 Å².